The molecular formula is C12H10FI. The number of halogens is 2. The van der Waals surface area contributed by atoms with Crippen molar-refractivity contribution in [2.45, 2.75) is 0 Å². The Balaban J connectivity index is 0.000000980. The second kappa shape index (κ2) is 5.75. The third-order valence-corrected chi connectivity index (χ3v) is 4.37. The van der Waals surface area contributed by atoms with E-state index in [1.54, 1.807) is 0 Å². The van der Waals surface area contributed by atoms with Gasteiger partial charge in [-0.1, -0.05) is 36.4 Å². The molecule has 0 heterocycles. The first-order valence-corrected chi connectivity index (χ1v) is 6.36. The lowest BCUT2D eigenvalue weighted by atomic mass is 10.4. The van der Waals surface area contributed by atoms with Crippen LogP contribution in [0.2, 0.25) is 0 Å². The van der Waals surface area contributed by atoms with Gasteiger partial charge in [0, 0.05) is 0 Å². The van der Waals surface area contributed by atoms with Gasteiger partial charge in [0.15, 0.2) is 7.14 Å². The Labute approximate surface area is 93.6 Å². The van der Waals surface area contributed by atoms with E-state index in [1.165, 1.54) is 7.14 Å². The van der Waals surface area contributed by atoms with Gasteiger partial charge in [-0.25, -0.2) is 0 Å². The first kappa shape index (κ1) is 11.2. The summed E-state index contributed by atoms with van der Waals surface area (Å²) in [6.45, 7) is 0. The van der Waals surface area contributed by atoms with Gasteiger partial charge in [0.1, 0.15) is 0 Å². The van der Waals surface area contributed by atoms with Crippen LogP contribution in [-0.2, 0) is 0 Å². The van der Waals surface area contributed by atoms with Gasteiger partial charge >= 0.3 is 21.2 Å². The zero-order valence-electron chi connectivity index (χ0n) is 7.53. The van der Waals surface area contributed by atoms with E-state index in [0.29, 0.717) is 0 Å². The van der Waals surface area contributed by atoms with Crippen molar-refractivity contribution >= 4 is 0 Å². The molecule has 0 fully saturated rings. The van der Waals surface area contributed by atoms with E-state index in [9.17, 15) is 0 Å². The van der Waals surface area contributed by atoms with Crippen LogP contribution in [-0.4, -0.2) is 0 Å². The lowest BCUT2D eigenvalue weighted by Crippen LogP contribution is -3.61. The summed E-state index contributed by atoms with van der Waals surface area (Å²) in [4.78, 5) is 0. The Morgan fingerprint density at radius 1 is 0.571 bits per heavy atom. The Bertz CT molecular complexity index is 321. The first-order chi connectivity index (χ1) is 6.45. The van der Waals surface area contributed by atoms with E-state index in [1.807, 2.05) is 0 Å². The van der Waals surface area contributed by atoms with Gasteiger partial charge in [-0.15, -0.1) is 0 Å². The topological polar surface area (TPSA) is 0 Å². The van der Waals surface area contributed by atoms with E-state index in [4.69, 9.17) is 0 Å². The summed E-state index contributed by atoms with van der Waals surface area (Å²) in [5, 5.41) is 0. The molecule has 0 saturated carbocycles. The molecule has 0 bridgehead atoms. The highest BCUT2D eigenvalue weighted by molar-refractivity contribution is 5.02. The third-order valence-electron chi connectivity index (χ3n) is 1.68. The predicted molar refractivity (Wildman–Crippen MR) is 50.3 cm³/mol. The highest BCUT2D eigenvalue weighted by Crippen LogP contribution is 1.85. The maximum Gasteiger partial charge on any atom is 0.357 e. The van der Waals surface area contributed by atoms with Crippen molar-refractivity contribution in [3.63, 3.8) is 0 Å². The Kier molecular flexibility index (Phi) is 4.59. The van der Waals surface area contributed by atoms with E-state index >= 15 is 0 Å². The minimum Gasteiger partial charge on any atom is -1.00 e. The molecule has 72 valence electrons. The quantitative estimate of drug-likeness (QED) is 0.513. The van der Waals surface area contributed by atoms with Crippen LogP contribution < -0.4 is 25.9 Å². The molecule has 2 aromatic rings. The Hall–Kier alpha value is -0.900. The van der Waals surface area contributed by atoms with Gasteiger partial charge in [-0.05, 0) is 24.3 Å². The molecule has 0 N–H and O–H groups in total. The van der Waals surface area contributed by atoms with Crippen molar-refractivity contribution < 1.29 is 25.9 Å². The van der Waals surface area contributed by atoms with Gasteiger partial charge in [0.2, 0.25) is 0 Å². The van der Waals surface area contributed by atoms with Crippen LogP contribution in [0.3, 0.4) is 0 Å². The predicted octanol–water partition coefficient (Wildman–Crippen LogP) is -3.18. The number of hydrogen-bond donors (Lipinski definition) is 0. The van der Waals surface area contributed by atoms with E-state index < -0.39 is 0 Å². The molecular weight excluding hydrogens is 290 g/mol. The van der Waals surface area contributed by atoms with Crippen LogP contribution in [0.1, 0.15) is 0 Å². The third kappa shape index (κ3) is 3.10. The molecule has 0 aliphatic heterocycles. The molecule has 0 radical (unpaired) electrons. The summed E-state index contributed by atoms with van der Waals surface area (Å²) >= 11 is 0.0287. The molecule has 0 aromatic heterocycles. The van der Waals surface area contributed by atoms with Crippen molar-refractivity contribution in [2.75, 3.05) is 0 Å². The highest BCUT2D eigenvalue weighted by atomic mass is 127. The molecule has 0 aliphatic rings. The molecule has 0 amide bonds. The van der Waals surface area contributed by atoms with Crippen LogP contribution in [0.4, 0.5) is 0 Å². The van der Waals surface area contributed by atoms with Crippen molar-refractivity contribution in [3.8, 4) is 0 Å². The average Bonchev–Trinajstić information content (AvgIpc) is 2.21. The summed E-state index contributed by atoms with van der Waals surface area (Å²) in [5.74, 6) is 0. The Morgan fingerprint density at radius 3 is 1.29 bits per heavy atom. The van der Waals surface area contributed by atoms with Crippen LogP contribution in [0.15, 0.2) is 60.7 Å². The molecule has 0 nitrogen and oxygen atoms in total. The van der Waals surface area contributed by atoms with E-state index in [-0.39, 0.29) is 25.9 Å². The largest absolute Gasteiger partial charge is 1.00 e. The molecule has 14 heavy (non-hydrogen) atoms. The molecule has 2 aromatic carbocycles. The molecule has 0 atom stereocenters. The summed E-state index contributed by atoms with van der Waals surface area (Å²) < 4.78 is 2.96. The Morgan fingerprint density at radius 2 is 0.929 bits per heavy atom. The standard InChI is InChI=1S/C12H10I.FH/c1-3-7-11(8-4-1)13-12-9-5-2-6-10-12;/h1-10H;1H/q+1;/p-1. The van der Waals surface area contributed by atoms with Crippen molar-refractivity contribution in [3.05, 3.63) is 67.8 Å². The molecule has 0 aliphatic carbocycles. The summed E-state index contributed by atoms with van der Waals surface area (Å²) in [6, 6.07) is 21.4. The normalized spacial score (nSPS) is 9.14. The summed E-state index contributed by atoms with van der Waals surface area (Å²) in [6.07, 6.45) is 0. The molecule has 0 saturated heterocycles. The fourth-order valence-corrected chi connectivity index (χ4v) is 3.35. The van der Waals surface area contributed by atoms with Gasteiger partial charge in [0.05, 0.1) is 0 Å². The van der Waals surface area contributed by atoms with Crippen molar-refractivity contribution in [2.24, 2.45) is 0 Å². The monoisotopic (exact) mass is 300 g/mol. The maximum atomic E-state index is 2.21. The molecule has 0 unspecified atom stereocenters. The summed E-state index contributed by atoms with van der Waals surface area (Å²) in [7, 11) is 0. The molecule has 0 spiro atoms. The number of hydrogen-bond acceptors (Lipinski definition) is 0. The SMILES string of the molecule is [F-].c1ccc([I+]c2ccccc2)cc1. The average molecular weight is 300 g/mol. The smallest absolute Gasteiger partial charge is 0.357 e. The van der Waals surface area contributed by atoms with Crippen LogP contribution in [0.25, 0.3) is 0 Å². The summed E-state index contributed by atoms with van der Waals surface area (Å²) in [5.41, 5.74) is 0. The fourth-order valence-electron chi connectivity index (χ4n) is 1.08. The minimum absolute atomic E-state index is 0. The van der Waals surface area contributed by atoms with Crippen molar-refractivity contribution in [1.82, 2.24) is 0 Å². The highest BCUT2D eigenvalue weighted by Gasteiger charge is 2.12. The second-order valence-electron chi connectivity index (χ2n) is 2.69. The van der Waals surface area contributed by atoms with Crippen LogP contribution >= 0.6 is 0 Å². The minimum atomic E-state index is 0. The lowest BCUT2D eigenvalue weighted by Gasteiger charge is -1.84. The lowest BCUT2D eigenvalue weighted by molar-refractivity contribution is -0.597. The number of benzene rings is 2. The van der Waals surface area contributed by atoms with Crippen molar-refractivity contribution in [1.29, 1.82) is 0 Å². The maximum absolute atomic E-state index is 2.21. The van der Waals surface area contributed by atoms with E-state index in [2.05, 4.69) is 60.7 Å². The van der Waals surface area contributed by atoms with E-state index in [0.717, 1.165) is 0 Å². The van der Waals surface area contributed by atoms with Gasteiger partial charge in [0.25, 0.3) is 0 Å². The molecule has 2 heteroatoms. The van der Waals surface area contributed by atoms with Crippen LogP contribution in [0, 0.1) is 7.14 Å². The first-order valence-electron chi connectivity index (χ1n) is 4.20. The molecule has 2 rings (SSSR count). The van der Waals surface area contributed by atoms with Gasteiger partial charge < -0.3 is 4.70 Å². The fraction of sp³-hybridized carbons (Fsp3) is 0. The zero-order valence-corrected chi connectivity index (χ0v) is 9.69. The number of rotatable bonds is 2. The van der Waals surface area contributed by atoms with Gasteiger partial charge in [-0.3, -0.25) is 0 Å². The van der Waals surface area contributed by atoms with Gasteiger partial charge in [-0.2, -0.15) is 0 Å². The second-order valence-corrected chi connectivity index (χ2v) is 5.72. The van der Waals surface area contributed by atoms with Crippen LogP contribution in [0.5, 0.6) is 0 Å². The zero-order chi connectivity index (χ0) is 8.93.